The van der Waals surface area contributed by atoms with Crippen LogP contribution in [-0.2, 0) is 24.5 Å². The van der Waals surface area contributed by atoms with Crippen LogP contribution in [-0.4, -0.2) is 48.6 Å². The summed E-state index contributed by atoms with van der Waals surface area (Å²) >= 11 is 0. The summed E-state index contributed by atoms with van der Waals surface area (Å²) in [6.45, 7) is 16.2. The van der Waals surface area contributed by atoms with E-state index in [2.05, 4.69) is 51.3 Å². The topological polar surface area (TPSA) is 112 Å². The number of esters is 2. The fourth-order valence-corrected chi connectivity index (χ4v) is 4.03. The summed E-state index contributed by atoms with van der Waals surface area (Å²) in [6, 6.07) is 33.5. The maximum Gasteiger partial charge on any atom is 0.333 e. The van der Waals surface area contributed by atoms with Crippen LogP contribution >= 0.6 is 0 Å². The Hall–Kier alpha value is -5.50. The fourth-order valence-electron chi connectivity index (χ4n) is 4.03. The van der Waals surface area contributed by atoms with Gasteiger partial charge in [0.25, 0.3) is 0 Å². The summed E-state index contributed by atoms with van der Waals surface area (Å²) in [4.78, 5) is 22.7. The SMILES string of the molecule is C=C(C)C(=O)OCCCOc1ccc(C(C)(C)c2ccc(OCCCOC(=O)C(=C)C)cc2)cc1.Oc1ccccc1.Oc1ccccc1. The highest BCUT2D eigenvalue weighted by molar-refractivity contribution is 5.87. The largest absolute Gasteiger partial charge is 0.508 e. The molecule has 4 aromatic carbocycles. The van der Waals surface area contributed by atoms with E-state index < -0.39 is 0 Å². The van der Waals surface area contributed by atoms with Crippen molar-refractivity contribution < 1.29 is 38.7 Å². The molecule has 0 aliphatic carbocycles. The average molecular weight is 669 g/mol. The smallest absolute Gasteiger partial charge is 0.333 e. The van der Waals surface area contributed by atoms with Crippen LogP contribution < -0.4 is 9.47 Å². The van der Waals surface area contributed by atoms with Crippen LogP contribution in [0.2, 0.25) is 0 Å². The molecule has 4 aromatic rings. The Morgan fingerprint density at radius 3 is 1.14 bits per heavy atom. The molecule has 0 fully saturated rings. The van der Waals surface area contributed by atoms with Crippen molar-refractivity contribution >= 4 is 11.9 Å². The lowest BCUT2D eigenvalue weighted by molar-refractivity contribution is -0.140. The second-order valence-electron chi connectivity index (χ2n) is 11.6. The van der Waals surface area contributed by atoms with Gasteiger partial charge in [0.05, 0.1) is 26.4 Å². The predicted octanol–water partition coefficient (Wildman–Crippen LogP) is 8.57. The van der Waals surface area contributed by atoms with Crippen molar-refractivity contribution in [1.82, 2.24) is 0 Å². The van der Waals surface area contributed by atoms with Crippen LogP contribution in [0.4, 0.5) is 0 Å². The van der Waals surface area contributed by atoms with E-state index in [0.717, 1.165) is 22.6 Å². The Balaban J connectivity index is 0.000000484. The van der Waals surface area contributed by atoms with Gasteiger partial charge in [-0.2, -0.15) is 0 Å². The van der Waals surface area contributed by atoms with Crippen LogP contribution in [0.25, 0.3) is 0 Å². The number of benzene rings is 4. The number of carbonyl (C=O) groups excluding carboxylic acids is 2. The average Bonchev–Trinajstić information content (AvgIpc) is 3.09. The summed E-state index contributed by atoms with van der Waals surface area (Å²) < 4.78 is 21.6. The molecule has 0 spiro atoms. The van der Waals surface area contributed by atoms with Crippen LogP contribution in [0.15, 0.2) is 133 Å². The van der Waals surface area contributed by atoms with E-state index in [1.54, 1.807) is 62.4 Å². The van der Waals surface area contributed by atoms with E-state index in [9.17, 15) is 9.59 Å². The van der Waals surface area contributed by atoms with Crippen molar-refractivity contribution in [2.75, 3.05) is 26.4 Å². The van der Waals surface area contributed by atoms with Gasteiger partial charge in [0.15, 0.2) is 0 Å². The Labute approximate surface area is 290 Å². The molecule has 0 saturated heterocycles. The molecule has 0 atom stereocenters. The standard InChI is InChI=1S/C29H36O6.2C6H6O/c1-21(2)27(30)34-19-7-17-32-25-13-9-23(10-14-25)29(5,6)24-11-15-26(16-12-24)33-18-8-20-35-28(31)22(3)4;2*7-6-4-2-1-3-5-6/h9-16H,1,3,7-8,17-20H2,2,4-6H3;2*1-5,7H. The lowest BCUT2D eigenvalue weighted by Crippen LogP contribution is -2.18. The number of phenolic OH excluding ortho intramolecular Hbond substituents is 2. The molecule has 0 heterocycles. The van der Waals surface area contributed by atoms with Crippen molar-refractivity contribution in [2.45, 2.75) is 46.0 Å². The molecule has 0 amide bonds. The maximum absolute atomic E-state index is 11.4. The minimum atomic E-state index is -0.377. The van der Waals surface area contributed by atoms with E-state index in [0.29, 0.717) is 61.9 Å². The molecule has 0 aromatic heterocycles. The highest BCUT2D eigenvalue weighted by Crippen LogP contribution is 2.33. The second-order valence-corrected chi connectivity index (χ2v) is 11.6. The molecular weight excluding hydrogens is 620 g/mol. The molecule has 4 rings (SSSR count). The van der Waals surface area contributed by atoms with Gasteiger partial charge in [-0.1, -0.05) is 87.7 Å². The highest BCUT2D eigenvalue weighted by Gasteiger charge is 2.23. The molecule has 0 bridgehead atoms. The number of hydrogen-bond donors (Lipinski definition) is 2. The van der Waals surface area contributed by atoms with Crippen molar-refractivity contribution in [1.29, 1.82) is 0 Å². The fraction of sp³-hybridized carbons (Fsp3) is 0.268. The molecule has 0 aliphatic heterocycles. The Morgan fingerprint density at radius 1 is 0.551 bits per heavy atom. The lowest BCUT2D eigenvalue weighted by Gasteiger charge is -2.26. The number of phenols is 2. The van der Waals surface area contributed by atoms with E-state index >= 15 is 0 Å². The second kappa shape index (κ2) is 21.4. The van der Waals surface area contributed by atoms with Crippen LogP contribution in [0.3, 0.4) is 0 Å². The summed E-state index contributed by atoms with van der Waals surface area (Å²) in [5, 5.41) is 17.3. The molecular formula is C41H48O8. The van der Waals surface area contributed by atoms with E-state index in [1.165, 1.54) is 0 Å². The van der Waals surface area contributed by atoms with Crippen molar-refractivity contribution in [3.8, 4) is 23.0 Å². The van der Waals surface area contributed by atoms with Gasteiger partial charge in [0.1, 0.15) is 23.0 Å². The van der Waals surface area contributed by atoms with Crippen molar-refractivity contribution in [3.05, 3.63) is 145 Å². The van der Waals surface area contributed by atoms with Crippen LogP contribution in [0.1, 0.15) is 51.7 Å². The summed E-state index contributed by atoms with van der Waals surface area (Å²) in [5.41, 5.74) is 2.90. The van der Waals surface area contributed by atoms with Gasteiger partial charge >= 0.3 is 11.9 Å². The predicted molar refractivity (Wildman–Crippen MR) is 193 cm³/mol. The van der Waals surface area contributed by atoms with E-state index in [4.69, 9.17) is 29.2 Å². The first-order chi connectivity index (χ1) is 23.4. The van der Waals surface area contributed by atoms with Crippen molar-refractivity contribution in [3.63, 3.8) is 0 Å². The molecule has 0 saturated carbocycles. The first-order valence-electron chi connectivity index (χ1n) is 16.0. The number of carbonyl (C=O) groups is 2. The number of hydrogen-bond acceptors (Lipinski definition) is 8. The monoisotopic (exact) mass is 668 g/mol. The molecule has 8 heteroatoms. The number of rotatable bonds is 14. The van der Waals surface area contributed by atoms with Gasteiger partial charge in [-0.05, 0) is 73.5 Å². The van der Waals surface area contributed by atoms with Gasteiger partial charge < -0.3 is 29.2 Å². The van der Waals surface area contributed by atoms with E-state index in [-0.39, 0.29) is 17.4 Å². The van der Waals surface area contributed by atoms with Crippen LogP contribution in [0, 0.1) is 0 Å². The zero-order valence-corrected chi connectivity index (χ0v) is 28.9. The summed E-state index contributed by atoms with van der Waals surface area (Å²) in [5.74, 6) is 1.43. The van der Waals surface area contributed by atoms with Gasteiger partial charge in [-0.25, -0.2) is 9.59 Å². The molecule has 49 heavy (non-hydrogen) atoms. The normalized spacial score (nSPS) is 10.2. The first kappa shape index (κ1) is 39.7. The van der Waals surface area contributed by atoms with Gasteiger partial charge in [0.2, 0.25) is 0 Å². The zero-order valence-electron chi connectivity index (χ0n) is 28.9. The molecule has 260 valence electrons. The lowest BCUT2D eigenvalue weighted by atomic mass is 9.78. The van der Waals surface area contributed by atoms with Crippen LogP contribution in [0.5, 0.6) is 23.0 Å². The molecule has 0 radical (unpaired) electrons. The third-order valence-corrected chi connectivity index (χ3v) is 6.94. The number of ether oxygens (including phenoxy) is 4. The van der Waals surface area contributed by atoms with E-state index in [1.807, 2.05) is 36.4 Å². The summed E-state index contributed by atoms with van der Waals surface area (Å²) in [6.07, 6.45) is 1.22. The quantitative estimate of drug-likeness (QED) is 0.0781. The maximum atomic E-state index is 11.4. The Bertz CT molecular complexity index is 1440. The first-order valence-corrected chi connectivity index (χ1v) is 16.0. The molecule has 0 aliphatic rings. The minimum Gasteiger partial charge on any atom is -0.508 e. The zero-order chi connectivity index (χ0) is 36.1. The third kappa shape index (κ3) is 15.8. The molecule has 0 unspecified atom stereocenters. The minimum absolute atomic E-state index is 0.204. The molecule has 2 N–H and O–H groups in total. The Kier molecular flexibility index (Phi) is 17.3. The van der Waals surface area contributed by atoms with Gasteiger partial charge in [-0.3, -0.25) is 0 Å². The third-order valence-electron chi connectivity index (χ3n) is 6.94. The highest BCUT2D eigenvalue weighted by atomic mass is 16.5. The Morgan fingerprint density at radius 2 is 0.878 bits per heavy atom. The van der Waals surface area contributed by atoms with Gasteiger partial charge in [-0.15, -0.1) is 0 Å². The summed E-state index contributed by atoms with van der Waals surface area (Å²) in [7, 11) is 0. The number of aromatic hydroxyl groups is 2. The van der Waals surface area contributed by atoms with Gasteiger partial charge in [0, 0.05) is 29.4 Å². The molecule has 8 nitrogen and oxygen atoms in total. The van der Waals surface area contributed by atoms with Crippen molar-refractivity contribution in [2.24, 2.45) is 0 Å². The number of para-hydroxylation sites is 2.